The van der Waals surface area contributed by atoms with Crippen LogP contribution >= 0.6 is 0 Å². The summed E-state index contributed by atoms with van der Waals surface area (Å²) in [6, 6.07) is 7.07. The van der Waals surface area contributed by atoms with Crippen LogP contribution in [0.2, 0.25) is 0 Å². The van der Waals surface area contributed by atoms with Crippen molar-refractivity contribution in [3.05, 3.63) is 35.4 Å². The predicted octanol–water partition coefficient (Wildman–Crippen LogP) is 2.16. The number of hydrogen-bond donors (Lipinski definition) is 2. The summed E-state index contributed by atoms with van der Waals surface area (Å²) >= 11 is 0. The standard InChI is InChI=1S/C12H17NO2/c1-8(2)9-4-6-10(7-5-9)11(13-3)12(14)15/h4-8,11,13H,1-3H3,(H,14,15)/t11-/m0/s1. The first kappa shape index (κ1) is 11.7. The van der Waals surface area contributed by atoms with Crippen LogP contribution in [0.5, 0.6) is 0 Å². The fraction of sp³-hybridized carbons (Fsp3) is 0.417. The van der Waals surface area contributed by atoms with Crippen LogP contribution in [0.3, 0.4) is 0 Å². The van der Waals surface area contributed by atoms with E-state index in [1.807, 2.05) is 24.3 Å². The average Bonchev–Trinajstić information content (AvgIpc) is 2.19. The lowest BCUT2D eigenvalue weighted by molar-refractivity contribution is -0.139. The van der Waals surface area contributed by atoms with E-state index in [4.69, 9.17) is 5.11 Å². The zero-order valence-corrected chi connectivity index (χ0v) is 9.32. The van der Waals surface area contributed by atoms with Gasteiger partial charge in [-0.05, 0) is 24.1 Å². The highest BCUT2D eigenvalue weighted by Gasteiger charge is 2.16. The number of carbonyl (C=O) groups is 1. The Morgan fingerprint density at radius 1 is 1.20 bits per heavy atom. The van der Waals surface area contributed by atoms with Gasteiger partial charge in [0, 0.05) is 0 Å². The summed E-state index contributed by atoms with van der Waals surface area (Å²) < 4.78 is 0. The minimum absolute atomic E-state index is 0.469. The average molecular weight is 207 g/mol. The van der Waals surface area contributed by atoms with Gasteiger partial charge in [0.2, 0.25) is 0 Å². The van der Waals surface area contributed by atoms with Crippen molar-refractivity contribution >= 4 is 5.97 Å². The van der Waals surface area contributed by atoms with Gasteiger partial charge in [-0.15, -0.1) is 0 Å². The van der Waals surface area contributed by atoms with Crippen molar-refractivity contribution in [2.75, 3.05) is 7.05 Å². The number of rotatable bonds is 4. The number of aliphatic carboxylic acids is 1. The van der Waals surface area contributed by atoms with Gasteiger partial charge in [0.15, 0.2) is 0 Å². The van der Waals surface area contributed by atoms with Crippen molar-refractivity contribution in [3.8, 4) is 0 Å². The molecular weight excluding hydrogens is 190 g/mol. The Kier molecular flexibility index (Phi) is 3.86. The van der Waals surface area contributed by atoms with Gasteiger partial charge in [0.25, 0.3) is 0 Å². The summed E-state index contributed by atoms with van der Waals surface area (Å²) in [6.07, 6.45) is 0. The minimum atomic E-state index is -0.852. The van der Waals surface area contributed by atoms with Gasteiger partial charge >= 0.3 is 5.97 Å². The fourth-order valence-electron chi connectivity index (χ4n) is 1.51. The molecule has 1 aromatic rings. The van der Waals surface area contributed by atoms with Gasteiger partial charge in [-0.1, -0.05) is 38.1 Å². The van der Waals surface area contributed by atoms with Crippen molar-refractivity contribution in [3.63, 3.8) is 0 Å². The number of hydrogen-bond acceptors (Lipinski definition) is 2. The zero-order valence-electron chi connectivity index (χ0n) is 9.32. The Labute approximate surface area is 90.1 Å². The van der Waals surface area contributed by atoms with Crippen molar-refractivity contribution in [2.45, 2.75) is 25.8 Å². The Balaban J connectivity index is 2.92. The Hall–Kier alpha value is -1.35. The first-order valence-electron chi connectivity index (χ1n) is 5.06. The lowest BCUT2D eigenvalue weighted by Crippen LogP contribution is -2.24. The van der Waals surface area contributed by atoms with Crippen LogP contribution < -0.4 is 5.32 Å². The maximum atomic E-state index is 10.9. The van der Waals surface area contributed by atoms with E-state index in [1.54, 1.807) is 7.05 Å². The number of benzene rings is 1. The zero-order chi connectivity index (χ0) is 11.4. The molecule has 0 amide bonds. The third-order valence-electron chi connectivity index (χ3n) is 2.47. The third-order valence-corrected chi connectivity index (χ3v) is 2.47. The molecule has 15 heavy (non-hydrogen) atoms. The fourth-order valence-corrected chi connectivity index (χ4v) is 1.51. The number of likely N-dealkylation sites (N-methyl/N-ethyl adjacent to an activating group) is 1. The highest BCUT2D eigenvalue weighted by molar-refractivity contribution is 5.75. The molecule has 1 aromatic carbocycles. The molecule has 0 aliphatic rings. The Bertz CT molecular complexity index is 330. The summed E-state index contributed by atoms with van der Waals surface area (Å²) in [7, 11) is 1.65. The summed E-state index contributed by atoms with van der Waals surface area (Å²) in [5, 5.41) is 11.7. The van der Waals surface area contributed by atoms with Crippen LogP contribution in [0.25, 0.3) is 0 Å². The minimum Gasteiger partial charge on any atom is -0.480 e. The molecular formula is C12H17NO2. The maximum absolute atomic E-state index is 10.9. The molecule has 1 atom stereocenters. The lowest BCUT2D eigenvalue weighted by atomic mass is 9.99. The van der Waals surface area contributed by atoms with Crippen LogP contribution in [0.15, 0.2) is 24.3 Å². The van der Waals surface area contributed by atoms with E-state index in [2.05, 4.69) is 19.2 Å². The summed E-state index contributed by atoms with van der Waals surface area (Å²) in [5.74, 6) is -0.383. The summed E-state index contributed by atoms with van der Waals surface area (Å²) in [6.45, 7) is 4.23. The van der Waals surface area contributed by atoms with Gasteiger partial charge in [0.1, 0.15) is 6.04 Å². The topological polar surface area (TPSA) is 49.3 Å². The van der Waals surface area contributed by atoms with Crippen LogP contribution in [-0.4, -0.2) is 18.1 Å². The second-order valence-corrected chi connectivity index (χ2v) is 3.88. The molecule has 3 heteroatoms. The van der Waals surface area contributed by atoms with E-state index in [-0.39, 0.29) is 0 Å². The maximum Gasteiger partial charge on any atom is 0.325 e. The molecule has 0 aliphatic carbocycles. The van der Waals surface area contributed by atoms with Gasteiger partial charge in [-0.2, -0.15) is 0 Å². The molecule has 0 saturated heterocycles. The van der Waals surface area contributed by atoms with E-state index in [9.17, 15) is 4.79 Å². The number of carboxylic acid groups (broad SMARTS) is 1. The monoisotopic (exact) mass is 207 g/mol. The third kappa shape index (κ3) is 2.80. The van der Waals surface area contributed by atoms with E-state index in [0.717, 1.165) is 5.56 Å². The van der Waals surface area contributed by atoms with Crippen molar-refractivity contribution in [1.82, 2.24) is 5.32 Å². The molecule has 3 nitrogen and oxygen atoms in total. The Morgan fingerprint density at radius 3 is 2.00 bits per heavy atom. The van der Waals surface area contributed by atoms with Gasteiger partial charge in [0.05, 0.1) is 0 Å². The second kappa shape index (κ2) is 4.94. The summed E-state index contributed by atoms with van der Waals surface area (Å²) in [5.41, 5.74) is 2.01. The smallest absolute Gasteiger partial charge is 0.325 e. The SMILES string of the molecule is CN[C@H](C(=O)O)c1ccc(C(C)C)cc1. The number of nitrogens with one attached hydrogen (secondary N) is 1. The molecule has 0 bridgehead atoms. The van der Waals surface area contributed by atoms with Gasteiger partial charge in [-0.25, -0.2) is 0 Å². The largest absolute Gasteiger partial charge is 0.480 e. The van der Waals surface area contributed by atoms with Crippen LogP contribution in [0.1, 0.15) is 36.9 Å². The lowest BCUT2D eigenvalue weighted by Gasteiger charge is -2.12. The Morgan fingerprint density at radius 2 is 1.67 bits per heavy atom. The van der Waals surface area contributed by atoms with E-state index >= 15 is 0 Å². The molecule has 0 fully saturated rings. The molecule has 0 aliphatic heterocycles. The first-order valence-corrected chi connectivity index (χ1v) is 5.06. The van der Waals surface area contributed by atoms with E-state index in [1.165, 1.54) is 5.56 Å². The molecule has 82 valence electrons. The number of carboxylic acids is 1. The molecule has 0 spiro atoms. The van der Waals surface area contributed by atoms with Crippen LogP contribution in [0.4, 0.5) is 0 Å². The van der Waals surface area contributed by atoms with Gasteiger partial charge < -0.3 is 10.4 Å². The van der Waals surface area contributed by atoms with E-state index in [0.29, 0.717) is 5.92 Å². The van der Waals surface area contributed by atoms with Crippen molar-refractivity contribution in [1.29, 1.82) is 0 Å². The quantitative estimate of drug-likeness (QED) is 0.795. The molecule has 1 rings (SSSR count). The van der Waals surface area contributed by atoms with Crippen LogP contribution in [0, 0.1) is 0 Å². The molecule has 0 heterocycles. The molecule has 0 radical (unpaired) electrons. The first-order chi connectivity index (χ1) is 7.06. The molecule has 0 aromatic heterocycles. The van der Waals surface area contributed by atoms with Crippen molar-refractivity contribution < 1.29 is 9.90 Å². The normalized spacial score (nSPS) is 12.8. The molecule has 0 unspecified atom stereocenters. The second-order valence-electron chi connectivity index (χ2n) is 3.88. The molecule has 2 N–H and O–H groups in total. The summed E-state index contributed by atoms with van der Waals surface area (Å²) in [4.78, 5) is 10.9. The van der Waals surface area contributed by atoms with Crippen LogP contribution in [-0.2, 0) is 4.79 Å². The highest BCUT2D eigenvalue weighted by atomic mass is 16.4. The van der Waals surface area contributed by atoms with Gasteiger partial charge in [-0.3, -0.25) is 4.79 Å². The highest BCUT2D eigenvalue weighted by Crippen LogP contribution is 2.18. The van der Waals surface area contributed by atoms with Crippen molar-refractivity contribution in [2.24, 2.45) is 0 Å². The predicted molar refractivity (Wildman–Crippen MR) is 60.0 cm³/mol. The van der Waals surface area contributed by atoms with E-state index < -0.39 is 12.0 Å². The molecule has 0 saturated carbocycles.